The Morgan fingerprint density at radius 3 is 1.45 bits per heavy atom. The maximum atomic E-state index is 8.88. The Morgan fingerprint density at radius 2 is 1.27 bits per heavy atom. The highest BCUT2D eigenvalue weighted by Crippen LogP contribution is 2.19. The lowest BCUT2D eigenvalue weighted by atomic mass is 10.2. The van der Waals surface area contributed by atoms with E-state index in [-0.39, 0.29) is 11.9 Å². The smallest absolute Gasteiger partial charge is 0.503 e. The number of carbonyl (C=O) groups is 2. The number of halogens is 1. The van der Waals surface area contributed by atoms with Crippen LogP contribution in [-0.2, 0) is 0 Å². The molecule has 1 aromatic carbocycles. The van der Waals surface area contributed by atoms with E-state index in [2.05, 4.69) is 20.8 Å². The summed E-state index contributed by atoms with van der Waals surface area (Å²) in [6, 6.07) is 4.86. The van der Waals surface area contributed by atoms with Crippen LogP contribution in [0.5, 0.6) is 5.75 Å². The van der Waals surface area contributed by atoms with Crippen molar-refractivity contribution in [1.82, 2.24) is 6.15 Å². The molecule has 9 heteroatoms. The van der Waals surface area contributed by atoms with Gasteiger partial charge in [0.05, 0.1) is 0 Å². The third kappa shape index (κ3) is 43.1. The summed E-state index contributed by atoms with van der Waals surface area (Å²) in [4.78, 5) is 17.1. The van der Waals surface area contributed by atoms with Crippen LogP contribution in [0, 0.1) is 12.8 Å². The third-order valence-electron chi connectivity index (χ3n) is 1.14. The molecule has 130 valence electrons. The van der Waals surface area contributed by atoms with E-state index in [1.54, 1.807) is 18.2 Å². The first-order valence-electron chi connectivity index (χ1n) is 5.69. The highest BCUT2D eigenvalue weighted by molar-refractivity contribution is 6.31. The number of benzene rings is 1. The molecule has 22 heavy (non-hydrogen) atoms. The summed E-state index contributed by atoms with van der Waals surface area (Å²) >= 11 is 5.67. The monoisotopic (exact) mass is 341 g/mol. The van der Waals surface area contributed by atoms with E-state index < -0.39 is 12.3 Å². The van der Waals surface area contributed by atoms with Gasteiger partial charge in [-0.05, 0) is 36.6 Å². The van der Waals surface area contributed by atoms with Crippen LogP contribution < -0.4 is 6.15 Å². The van der Waals surface area contributed by atoms with Gasteiger partial charge < -0.3 is 31.7 Å². The first-order valence-corrected chi connectivity index (χ1v) is 6.06. The molecule has 0 heterocycles. The summed E-state index contributed by atoms with van der Waals surface area (Å²) in [6.45, 7) is 8.35. The van der Waals surface area contributed by atoms with Crippen molar-refractivity contribution < 1.29 is 35.1 Å². The van der Waals surface area contributed by atoms with Gasteiger partial charge in [0.25, 0.3) is 0 Å². The topological polar surface area (TPSA) is 170 Å². The Balaban J connectivity index is -0.000000107. The largest absolute Gasteiger partial charge is 0.508 e. The van der Waals surface area contributed by atoms with Crippen molar-refractivity contribution in [3.63, 3.8) is 0 Å². The molecule has 0 bridgehead atoms. The zero-order chi connectivity index (χ0) is 17.6. The van der Waals surface area contributed by atoms with Crippen LogP contribution in [0.2, 0.25) is 5.02 Å². The van der Waals surface area contributed by atoms with Crippen LogP contribution in [0.4, 0.5) is 9.59 Å². The summed E-state index contributed by atoms with van der Waals surface area (Å²) in [5.41, 5.74) is 0.900. The van der Waals surface area contributed by atoms with Gasteiger partial charge in [-0.2, -0.15) is 0 Å². The second kappa shape index (κ2) is 16.9. The van der Waals surface area contributed by atoms with Crippen molar-refractivity contribution in [1.29, 1.82) is 0 Å². The van der Waals surface area contributed by atoms with Crippen molar-refractivity contribution >= 4 is 23.9 Å². The van der Waals surface area contributed by atoms with Crippen LogP contribution in [-0.4, -0.2) is 37.8 Å². The molecule has 8 nitrogen and oxygen atoms in total. The number of phenols is 1. The van der Waals surface area contributed by atoms with Gasteiger partial charge in [0.1, 0.15) is 5.75 Å². The quantitative estimate of drug-likeness (QED) is 0.396. The Bertz CT molecular complexity index is 402. The van der Waals surface area contributed by atoms with E-state index in [0.717, 1.165) is 11.5 Å². The van der Waals surface area contributed by atoms with Gasteiger partial charge in [0.2, 0.25) is 0 Å². The molecule has 1 rings (SSSR count). The minimum absolute atomic E-state index is 0. The van der Waals surface area contributed by atoms with E-state index in [1.807, 2.05) is 6.92 Å². The zero-order valence-corrected chi connectivity index (χ0v) is 13.7. The molecule has 0 saturated carbocycles. The number of rotatable bonds is 0. The lowest BCUT2D eigenvalue weighted by molar-refractivity contribution is 0.135. The van der Waals surface area contributed by atoms with Gasteiger partial charge in [0.15, 0.2) is 0 Å². The highest BCUT2D eigenvalue weighted by atomic mass is 35.5. The van der Waals surface area contributed by atoms with Crippen molar-refractivity contribution in [2.75, 3.05) is 0 Å². The Labute approximate surface area is 134 Å². The summed E-state index contributed by atoms with van der Waals surface area (Å²) in [5, 5.41) is 37.5. The average Bonchev–Trinajstić information content (AvgIpc) is 2.21. The summed E-state index contributed by atoms with van der Waals surface area (Å²) in [5.74, 6) is 1.09. The number of hydrogen-bond donors (Lipinski definition) is 6. The maximum absolute atomic E-state index is 8.88. The molecule has 0 spiro atoms. The molecule has 0 unspecified atom stereocenters. The Morgan fingerprint density at radius 1 is 1.00 bits per heavy atom. The number of aryl methyl sites for hydroxylation is 1. The van der Waals surface area contributed by atoms with Crippen LogP contribution in [0.3, 0.4) is 0 Å². The highest BCUT2D eigenvalue weighted by Gasteiger charge is 1.93. The van der Waals surface area contributed by atoms with E-state index >= 15 is 0 Å². The number of phenolic OH excluding ortho intramolecular Hbond substituents is 1. The van der Waals surface area contributed by atoms with E-state index in [9.17, 15) is 0 Å². The molecular formula is C13H24ClNO7. The molecular weight excluding hydrogens is 318 g/mol. The predicted octanol–water partition coefficient (Wildman–Crippen LogP) is 4.62. The average molecular weight is 342 g/mol. The standard InChI is InChI=1S/C7H7ClO.C4H10.2CH2O3.H3N/c1-5-4-6(9)2-3-7(5)8;1-4(2)3;2*2-1(3)4;/h2-4,9H,1H3;4H,1-3H3;2*(H2,2,3,4);1H3. The van der Waals surface area contributed by atoms with Crippen LogP contribution in [0.25, 0.3) is 0 Å². The molecule has 0 radical (unpaired) electrons. The van der Waals surface area contributed by atoms with Gasteiger partial charge in [-0.1, -0.05) is 32.4 Å². The fourth-order valence-corrected chi connectivity index (χ4v) is 0.746. The maximum Gasteiger partial charge on any atom is 0.503 e. The predicted molar refractivity (Wildman–Crippen MR) is 84.7 cm³/mol. The first kappa shape index (κ1) is 28.0. The minimum Gasteiger partial charge on any atom is -0.508 e. The van der Waals surface area contributed by atoms with Gasteiger partial charge in [0, 0.05) is 5.02 Å². The van der Waals surface area contributed by atoms with E-state index in [1.165, 1.54) is 0 Å². The summed E-state index contributed by atoms with van der Waals surface area (Å²) < 4.78 is 0. The molecule has 8 N–H and O–H groups in total. The zero-order valence-electron chi connectivity index (χ0n) is 12.9. The lowest BCUT2D eigenvalue weighted by Gasteiger charge is -1.95. The van der Waals surface area contributed by atoms with Crippen molar-refractivity contribution in [3.05, 3.63) is 28.8 Å². The summed E-state index contributed by atoms with van der Waals surface area (Å²) in [7, 11) is 0. The molecule has 0 aliphatic carbocycles. The molecule has 0 fully saturated rings. The summed E-state index contributed by atoms with van der Waals surface area (Å²) in [6.07, 6.45) is -3.67. The molecule has 0 saturated heterocycles. The van der Waals surface area contributed by atoms with Crippen LogP contribution in [0.1, 0.15) is 26.3 Å². The second-order valence-electron chi connectivity index (χ2n) is 4.23. The Kier molecular flexibility index (Phi) is 21.5. The van der Waals surface area contributed by atoms with E-state index in [0.29, 0.717) is 5.02 Å². The Hall–Kier alpha value is -2.19. The first-order chi connectivity index (χ1) is 9.39. The van der Waals surface area contributed by atoms with Gasteiger partial charge >= 0.3 is 12.3 Å². The SMILES string of the molecule is CC(C)C.Cc1cc(O)ccc1Cl.N.O=C(O)O.O=C(O)O. The van der Waals surface area contributed by atoms with Crippen molar-refractivity contribution in [2.24, 2.45) is 5.92 Å². The minimum atomic E-state index is -1.83. The fourth-order valence-electron chi connectivity index (χ4n) is 0.629. The van der Waals surface area contributed by atoms with Gasteiger partial charge in [-0.25, -0.2) is 9.59 Å². The van der Waals surface area contributed by atoms with Gasteiger partial charge in [-0.15, -0.1) is 0 Å². The molecule has 1 aromatic rings. The lowest BCUT2D eigenvalue weighted by Crippen LogP contribution is -1.81. The molecule has 0 aromatic heterocycles. The molecule has 0 atom stereocenters. The normalized spacial score (nSPS) is 7.73. The van der Waals surface area contributed by atoms with Crippen molar-refractivity contribution in [2.45, 2.75) is 27.7 Å². The second-order valence-corrected chi connectivity index (χ2v) is 4.64. The molecule has 0 amide bonds. The van der Waals surface area contributed by atoms with Crippen molar-refractivity contribution in [3.8, 4) is 5.75 Å². The number of aromatic hydroxyl groups is 1. The number of carboxylic acid groups (broad SMARTS) is 4. The van der Waals surface area contributed by atoms with Gasteiger partial charge in [-0.3, -0.25) is 0 Å². The number of hydrogen-bond acceptors (Lipinski definition) is 4. The molecule has 0 aliphatic heterocycles. The fraction of sp³-hybridized carbons (Fsp3) is 0.385. The van der Waals surface area contributed by atoms with Crippen LogP contribution in [0.15, 0.2) is 18.2 Å². The molecule has 0 aliphatic rings. The van der Waals surface area contributed by atoms with Crippen LogP contribution >= 0.6 is 11.6 Å². The van der Waals surface area contributed by atoms with E-state index in [4.69, 9.17) is 46.7 Å². The third-order valence-corrected chi connectivity index (χ3v) is 1.57.